The van der Waals surface area contributed by atoms with Crippen molar-refractivity contribution < 1.29 is 28.3 Å². The summed E-state index contributed by atoms with van der Waals surface area (Å²) in [6, 6.07) is 5.62. The molecule has 10 heteroatoms. The van der Waals surface area contributed by atoms with Crippen molar-refractivity contribution in [3.63, 3.8) is 0 Å². The third-order valence-corrected chi connectivity index (χ3v) is 2.97. The van der Waals surface area contributed by atoms with E-state index in [1.807, 2.05) is 0 Å². The molecule has 2 aromatic rings. The van der Waals surface area contributed by atoms with Crippen molar-refractivity contribution in [3.8, 4) is 11.5 Å². The number of benzene rings is 1. The highest BCUT2D eigenvalue weighted by molar-refractivity contribution is 5.85. The van der Waals surface area contributed by atoms with E-state index in [1.165, 1.54) is 30.5 Å². The molecule has 0 saturated heterocycles. The van der Waals surface area contributed by atoms with Gasteiger partial charge in [0, 0.05) is 17.7 Å². The molecule has 2 heterocycles. The molecular formula is C14H11N3O7. The molecule has 1 aliphatic rings. The Morgan fingerprint density at radius 2 is 2.04 bits per heavy atom. The Morgan fingerprint density at radius 3 is 2.71 bits per heavy atom. The molecule has 0 bridgehead atoms. The number of esters is 1. The van der Waals surface area contributed by atoms with Crippen molar-refractivity contribution in [2.24, 2.45) is 0 Å². The molecule has 0 radical (unpaired) electrons. The quantitative estimate of drug-likeness (QED) is 0.455. The zero-order chi connectivity index (χ0) is 16.9. The minimum atomic E-state index is -0.704. The summed E-state index contributed by atoms with van der Waals surface area (Å²) in [6.07, 6.45) is 1.18. The van der Waals surface area contributed by atoms with Gasteiger partial charge in [0.2, 0.25) is 11.6 Å². The van der Waals surface area contributed by atoms with E-state index in [9.17, 15) is 14.9 Å². The zero-order valence-corrected chi connectivity index (χ0v) is 12.2. The largest absolute Gasteiger partial charge is 0.493 e. The molecule has 0 amide bonds. The number of carbonyl (C=O) groups is 1. The SMILES string of the molecule is O=C(OCc1nnc(-c2ccc([N+](=O)[O-])cc2)o1)C1=COCCO1. The standard InChI is InChI=1S/C14H11N3O7/c18-14(11-7-21-5-6-22-11)23-8-12-15-16-13(24-12)9-1-3-10(4-2-9)17(19)20/h1-4,7H,5-6,8H2. The fourth-order valence-electron chi connectivity index (χ4n) is 1.83. The van der Waals surface area contributed by atoms with Crippen LogP contribution in [0.3, 0.4) is 0 Å². The number of nitro benzene ring substituents is 1. The second kappa shape index (κ2) is 6.77. The first-order valence-electron chi connectivity index (χ1n) is 6.82. The molecule has 0 aliphatic carbocycles. The van der Waals surface area contributed by atoms with Crippen molar-refractivity contribution in [1.29, 1.82) is 0 Å². The van der Waals surface area contributed by atoms with Gasteiger partial charge in [0.15, 0.2) is 6.61 Å². The number of hydrogen-bond donors (Lipinski definition) is 0. The molecule has 10 nitrogen and oxygen atoms in total. The monoisotopic (exact) mass is 333 g/mol. The van der Waals surface area contributed by atoms with Gasteiger partial charge in [0.05, 0.1) is 4.92 Å². The number of ether oxygens (including phenoxy) is 3. The molecule has 0 fully saturated rings. The van der Waals surface area contributed by atoms with Crippen LogP contribution in [0.25, 0.3) is 11.5 Å². The summed E-state index contributed by atoms with van der Waals surface area (Å²) in [4.78, 5) is 21.8. The molecule has 0 saturated carbocycles. The maximum atomic E-state index is 11.7. The molecule has 3 rings (SSSR count). The average Bonchev–Trinajstić information content (AvgIpc) is 3.09. The van der Waals surface area contributed by atoms with Crippen LogP contribution in [0, 0.1) is 10.1 Å². The summed E-state index contributed by atoms with van der Waals surface area (Å²) < 4.78 is 20.3. The van der Waals surface area contributed by atoms with Crippen LogP contribution < -0.4 is 0 Å². The maximum absolute atomic E-state index is 11.7. The smallest absolute Gasteiger partial charge is 0.377 e. The zero-order valence-electron chi connectivity index (χ0n) is 12.2. The lowest BCUT2D eigenvalue weighted by atomic mass is 10.2. The van der Waals surface area contributed by atoms with Gasteiger partial charge < -0.3 is 18.6 Å². The number of aromatic nitrogens is 2. The van der Waals surface area contributed by atoms with E-state index in [2.05, 4.69) is 10.2 Å². The molecular weight excluding hydrogens is 322 g/mol. The molecule has 1 aromatic heterocycles. The van der Waals surface area contributed by atoms with E-state index in [0.717, 1.165) is 0 Å². The highest BCUT2D eigenvalue weighted by Gasteiger charge is 2.18. The number of carbonyl (C=O) groups excluding carboxylic acids is 1. The lowest BCUT2D eigenvalue weighted by Crippen LogP contribution is -2.17. The van der Waals surface area contributed by atoms with Crippen LogP contribution in [-0.4, -0.2) is 34.3 Å². The number of non-ortho nitro benzene ring substituents is 1. The molecule has 1 aromatic carbocycles. The van der Waals surface area contributed by atoms with Crippen LogP contribution in [0.1, 0.15) is 5.89 Å². The van der Waals surface area contributed by atoms with Gasteiger partial charge in [-0.3, -0.25) is 10.1 Å². The molecule has 0 atom stereocenters. The number of hydrogen-bond acceptors (Lipinski definition) is 9. The van der Waals surface area contributed by atoms with Gasteiger partial charge in [-0.15, -0.1) is 10.2 Å². The first-order valence-corrected chi connectivity index (χ1v) is 6.82. The van der Waals surface area contributed by atoms with Crippen LogP contribution in [-0.2, 0) is 25.6 Å². The van der Waals surface area contributed by atoms with E-state index >= 15 is 0 Å². The highest BCUT2D eigenvalue weighted by atomic mass is 16.6. The Balaban J connectivity index is 1.62. The summed E-state index contributed by atoms with van der Waals surface area (Å²) in [7, 11) is 0. The first-order chi connectivity index (χ1) is 11.6. The Morgan fingerprint density at radius 1 is 1.25 bits per heavy atom. The normalized spacial score (nSPS) is 13.4. The third-order valence-electron chi connectivity index (χ3n) is 2.97. The van der Waals surface area contributed by atoms with Gasteiger partial charge in [-0.2, -0.15) is 0 Å². The molecule has 0 N–H and O–H groups in total. The molecule has 24 heavy (non-hydrogen) atoms. The van der Waals surface area contributed by atoms with Crippen molar-refractivity contribution in [2.75, 3.05) is 13.2 Å². The van der Waals surface area contributed by atoms with E-state index in [0.29, 0.717) is 12.2 Å². The summed E-state index contributed by atoms with van der Waals surface area (Å²) in [5.74, 6) is -0.498. The fourth-order valence-corrected chi connectivity index (χ4v) is 1.83. The summed E-state index contributed by atoms with van der Waals surface area (Å²) in [5.41, 5.74) is 0.466. The number of nitro groups is 1. The van der Waals surface area contributed by atoms with Crippen LogP contribution in [0.2, 0.25) is 0 Å². The van der Waals surface area contributed by atoms with Crippen LogP contribution in [0.4, 0.5) is 5.69 Å². The van der Waals surface area contributed by atoms with Gasteiger partial charge in [-0.25, -0.2) is 4.79 Å². The number of nitrogens with zero attached hydrogens (tertiary/aromatic N) is 3. The molecule has 124 valence electrons. The van der Waals surface area contributed by atoms with Crippen LogP contribution in [0.15, 0.2) is 40.7 Å². The lowest BCUT2D eigenvalue weighted by Gasteiger charge is -2.13. The Kier molecular flexibility index (Phi) is 4.36. The van der Waals surface area contributed by atoms with Gasteiger partial charge in [0.25, 0.3) is 11.6 Å². The second-order valence-corrected chi connectivity index (χ2v) is 4.58. The Bertz CT molecular complexity index is 782. The van der Waals surface area contributed by atoms with Gasteiger partial charge >= 0.3 is 5.97 Å². The third kappa shape index (κ3) is 3.48. The average molecular weight is 333 g/mol. The maximum Gasteiger partial charge on any atom is 0.377 e. The van der Waals surface area contributed by atoms with E-state index in [1.54, 1.807) is 0 Å². The molecule has 0 unspecified atom stereocenters. The van der Waals surface area contributed by atoms with Crippen molar-refractivity contribution in [1.82, 2.24) is 10.2 Å². The molecule has 0 spiro atoms. The summed E-state index contributed by atoms with van der Waals surface area (Å²) in [6.45, 7) is 0.407. The van der Waals surface area contributed by atoms with E-state index < -0.39 is 10.9 Å². The fraction of sp³-hybridized carbons (Fsp3) is 0.214. The van der Waals surface area contributed by atoms with Gasteiger partial charge in [-0.1, -0.05) is 0 Å². The van der Waals surface area contributed by atoms with Gasteiger partial charge in [-0.05, 0) is 12.1 Å². The van der Waals surface area contributed by atoms with Gasteiger partial charge in [0.1, 0.15) is 19.5 Å². The summed E-state index contributed by atoms with van der Waals surface area (Å²) in [5, 5.41) is 18.2. The van der Waals surface area contributed by atoms with E-state index in [-0.39, 0.29) is 36.4 Å². The predicted octanol–water partition coefficient (Wildman–Crippen LogP) is 1.58. The van der Waals surface area contributed by atoms with E-state index in [4.69, 9.17) is 18.6 Å². The minimum absolute atomic E-state index is 0.0312. The van der Waals surface area contributed by atoms with Crippen LogP contribution in [0.5, 0.6) is 0 Å². The topological polar surface area (TPSA) is 127 Å². The summed E-state index contributed by atoms with van der Waals surface area (Å²) >= 11 is 0. The minimum Gasteiger partial charge on any atom is -0.493 e. The van der Waals surface area contributed by atoms with Crippen molar-refractivity contribution in [2.45, 2.75) is 6.61 Å². The highest BCUT2D eigenvalue weighted by Crippen LogP contribution is 2.21. The second-order valence-electron chi connectivity index (χ2n) is 4.58. The lowest BCUT2D eigenvalue weighted by molar-refractivity contribution is -0.384. The van der Waals surface area contributed by atoms with Crippen LogP contribution >= 0.6 is 0 Å². The first kappa shape index (κ1) is 15.5. The predicted molar refractivity (Wildman–Crippen MR) is 76.2 cm³/mol. The molecule has 1 aliphatic heterocycles. The number of rotatable bonds is 5. The Hall–Kier alpha value is -3.43. The van der Waals surface area contributed by atoms with Crippen molar-refractivity contribution >= 4 is 11.7 Å². The van der Waals surface area contributed by atoms with Crippen molar-refractivity contribution in [3.05, 3.63) is 52.3 Å². The Labute approximate surface area is 134 Å².